The molecule has 3 nitrogen and oxygen atoms in total. The minimum atomic E-state index is 0.153. The number of rotatable bonds is 6. The lowest BCUT2D eigenvalue weighted by Crippen LogP contribution is -2.28. The SMILES string of the molecule is CC(C)CC1CCCC(Nc2cccnc2OC(C)C)C1. The zero-order valence-corrected chi connectivity index (χ0v) is 13.9. The van der Waals surface area contributed by atoms with Gasteiger partial charge in [0.2, 0.25) is 5.88 Å². The van der Waals surface area contributed by atoms with Crippen molar-refractivity contribution in [2.24, 2.45) is 11.8 Å². The van der Waals surface area contributed by atoms with Gasteiger partial charge < -0.3 is 10.1 Å². The number of hydrogen-bond acceptors (Lipinski definition) is 3. The molecular weight excluding hydrogens is 260 g/mol. The minimum absolute atomic E-state index is 0.153. The van der Waals surface area contributed by atoms with Crippen molar-refractivity contribution in [3.63, 3.8) is 0 Å². The standard InChI is InChI=1S/C18H30N2O/c1-13(2)11-15-7-5-8-16(12-15)20-17-9-6-10-19-18(17)21-14(3)4/h6,9-10,13-16,20H,5,7-8,11-12H2,1-4H3. The Kier molecular flexibility index (Phi) is 5.89. The van der Waals surface area contributed by atoms with Crippen molar-refractivity contribution in [1.82, 2.24) is 4.98 Å². The van der Waals surface area contributed by atoms with Gasteiger partial charge in [-0.25, -0.2) is 4.98 Å². The summed E-state index contributed by atoms with van der Waals surface area (Å²) in [4.78, 5) is 4.37. The van der Waals surface area contributed by atoms with Crippen LogP contribution in [0.15, 0.2) is 18.3 Å². The highest BCUT2D eigenvalue weighted by atomic mass is 16.5. The lowest BCUT2D eigenvalue weighted by Gasteiger charge is -2.31. The Balaban J connectivity index is 1.97. The second-order valence-corrected chi connectivity index (χ2v) is 7.03. The molecule has 0 bridgehead atoms. The van der Waals surface area contributed by atoms with Gasteiger partial charge in [-0.1, -0.05) is 26.7 Å². The molecule has 1 N–H and O–H groups in total. The maximum atomic E-state index is 5.80. The van der Waals surface area contributed by atoms with Crippen molar-refractivity contribution in [3.05, 3.63) is 18.3 Å². The van der Waals surface area contributed by atoms with Crippen molar-refractivity contribution in [2.45, 2.75) is 71.9 Å². The van der Waals surface area contributed by atoms with E-state index in [-0.39, 0.29) is 6.10 Å². The van der Waals surface area contributed by atoms with Crippen LogP contribution >= 0.6 is 0 Å². The molecule has 0 aromatic carbocycles. The predicted molar refractivity (Wildman–Crippen MR) is 88.8 cm³/mol. The molecule has 2 unspecified atom stereocenters. The van der Waals surface area contributed by atoms with Gasteiger partial charge in [-0.3, -0.25) is 0 Å². The van der Waals surface area contributed by atoms with E-state index in [1.54, 1.807) is 6.20 Å². The van der Waals surface area contributed by atoms with Gasteiger partial charge in [0, 0.05) is 12.2 Å². The van der Waals surface area contributed by atoms with E-state index >= 15 is 0 Å². The van der Waals surface area contributed by atoms with Crippen LogP contribution in [0.1, 0.15) is 59.8 Å². The summed E-state index contributed by atoms with van der Waals surface area (Å²) in [5, 5.41) is 3.67. The fourth-order valence-corrected chi connectivity index (χ4v) is 3.34. The zero-order valence-electron chi connectivity index (χ0n) is 13.9. The number of ether oxygens (including phenoxy) is 1. The summed E-state index contributed by atoms with van der Waals surface area (Å²) in [5.41, 5.74) is 1.04. The molecule has 21 heavy (non-hydrogen) atoms. The smallest absolute Gasteiger partial charge is 0.237 e. The molecule has 0 spiro atoms. The van der Waals surface area contributed by atoms with Gasteiger partial charge >= 0.3 is 0 Å². The zero-order chi connectivity index (χ0) is 15.2. The summed E-state index contributed by atoms with van der Waals surface area (Å²) in [7, 11) is 0. The summed E-state index contributed by atoms with van der Waals surface area (Å²) in [6, 6.07) is 4.61. The van der Waals surface area contributed by atoms with Crippen molar-refractivity contribution in [1.29, 1.82) is 0 Å². The molecule has 1 aliphatic rings. The lowest BCUT2D eigenvalue weighted by atomic mass is 9.81. The third-order valence-electron chi connectivity index (χ3n) is 4.07. The number of nitrogens with zero attached hydrogens (tertiary/aromatic N) is 1. The van der Waals surface area contributed by atoms with E-state index in [1.165, 1.54) is 32.1 Å². The Morgan fingerprint density at radius 2 is 2.10 bits per heavy atom. The Hall–Kier alpha value is -1.25. The molecule has 0 radical (unpaired) electrons. The summed E-state index contributed by atoms with van der Waals surface area (Å²) in [6.07, 6.45) is 8.54. The van der Waals surface area contributed by atoms with E-state index in [9.17, 15) is 0 Å². The first kappa shape index (κ1) is 16.1. The fraction of sp³-hybridized carbons (Fsp3) is 0.722. The molecule has 118 valence electrons. The first-order chi connectivity index (χ1) is 10.0. The van der Waals surface area contributed by atoms with E-state index in [0.717, 1.165) is 23.4 Å². The first-order valence-electron chi connectivity index (χ1n) is 8.42. The highest BCUT2D eigenvalue weighted by Gasteiger charge is 2.23. The van der Waals surface area contributed by atoms with Crippen LogP contribution in [-0.2, 0) is 0 Å². The molecular formula is C18H30N2O. The number of pyridine rings is 1. The van der Waals surface area contributed by atoms with Crippen LogP contribution < -0.4 is 10.1 Å². The van der Waals surface area contributed by atoms with Crippen LogP contribution in [0.5, 0.6) is 5.88 Å². The summed E-state index contributed by atoms with van der Waals surface area (Å²) >= 11 is 0. The second-order valence-electron chi connectivity index (χ2n) is 7.03. The molecule has 1 heterocycles. The maximum Gasteiger partial charge on any atom is 0.237 e. The van der Waals surface area contributed by atoms with E-state index < -0.39 is 0 Å². The number of nitrogens with one attached hydrogen (secondary N) is 1. The quantitative estimate of drug-likeness (QED) is 0.810. The molecule has 0 saturated heterocycles. The number of aromatic nitrogens is 1. The van der Waals surface area contributed by atoms with Crippen molar-refractivity contribution >= 4 is 5.69 Å². The Bertz CT molecular complexity index is 431. The van der Waals surface area contributed by atoms with E-state index in [2.05, 4.69) is 30.2 Å². The second kappa shape index (κ2) is 7.67. The molecule has 1 fully saturated rings. The maximum absolute atomic E-state index is 5.80. The van der Waals surface area contributed by atoms with Gasteiger partial charge in [0.1, 0.15) is 0 Å². The molecule has 2 rings (SSSR count). The summed E-state index contributed by atoms with van der Waals surface area (Å²) in [6.45, 7) is 8.73. The van der Waals surface area contributed by atoms with Gasteiger partial charge in [0.05, 0.1) is 11.8 Å². The van der Waals surface area contributed by atoms with Gasteiger partial charge in [-0.15, -0.1) is 0 Å². The molecule has 2 atom stereocenters. The van der Waals surface area contributed by atoms with Crippen molar-refractivity contribution < 1.29 is 4.74 Å². The van der Waals surface area contributed by atoms with Crippen LogP contribution in [-0.4, -0.2) is 17.1 Å². The fourth-order valence-electron chi connectivity index (χ4n) is 3.34. The number of anilines is 1. The third-order valence-corrected chi connectivity index (χ3v) is 4.07. The Morgan fingerprint density at radius 3 is 2.81 bits per heavy atom. The van der Waals surface area contributed by atoms with E-state index in [0.29, 0.717) is 6.04 Å². The van der Waals surface area contributed by atoms with Gasteiger partial charge in [0.15, 0.2) is 0 Å². The molecule has 1 aromatic heterocycles. The lowest BCUT2D eigenvalue weighted by molar-refractivity contribution is 0.233. The Labute approximate surface area is 129 Å². The summed E-state index contributed by atoms with van der Waals surface area (Å²) < 4.78 is 5.80. The monoisotopic (exact) mass is 290 g/mol. The summed E-state index contributed by atoms with van der Waals surface area (Å²) in [5.74, 6) is 2.40. The van der Waals surface area contributed by atoms with Crippen molar-refractivity contribution in [3.8, 4) is 5.88 Å². The first-order valence-corrected chi connectivity index (χ1v) is 8.42. The van der Waals surface area contributed by atoms with E-state index in [1.807, 2.05) is 19.9 Å². The molecule has 0 amide bonds. The number of hydrogen-bond donors (Lipinski definition) is 1. The average molecular weight is 290 g/mol. The van der Waals surface area contributed by atoms with E-state index in [4.69, 9.17) is 4.74 Å². The minimum Gasteiger partial charge on any atom is -0.473 e. The molecule has 1 aromatic rings. The molecule has 1 saturated carbocycles. The Morgan fingerprint density at radius 1 is 1.29 bits per heavy atom. The van der Waals surface area contributed by atoms with Crippen LogP contribution in [0.4, 0.5) is 5.69 Å². The van der Waals surface area contributed by atoms with Crippen LogP contribution in [0.25, 0.3) is 0 Å². The topological polar surface area (TPSA) is 34.2 Å². The largest absolute Gasteiger partial charge is 0.473 e. The average Bonchev–Trinajstić information content (AvgIpc) is 2.40. The highest BCUT2D eigenvalue weighted by molar-refractivity contribution is 5.52. The predicted octanol–water partition coefficient (Wildman–Crippen LogP) is 4.89. The molecule has 3 heteroatoms. The normalized spacial score (nSPS) is 22.6. The van der Waals surface area contributed by atoms with Gasteiger partial charge in [0.25, 0.3) is 0 Å². The van der Waals surface area contributed by atoms with Gasteiger partial charge in [-0.05, 0) is 57.1 Å². The van der Waals surface area contributed by atoms with Crippen LogP contribution in [0, 0.1) is 11.8 Å². The molecule has 1 aliphatic carbocycles. The van der Waals surface area contributed by atoms with Crippen molar-refractivity contribution in [2.75, 3.05) is 5.32 Å². The highest BCUT2D eigenvalue weighted by Crippen LogP contribution is 2.32. The molecule has 0 aliphatic heterocycles. The third kappa shape index (κ3) is 5.22. The van der Waals surface area contributed by atoms with Crippen LogP contribution in [0.2, 0.25) is 0 Å². The van der Waals surface area contributed by atoms with Crippen LogP contribution in [0.3, 0.4) is 0 Å². The van der Waals surface area contributed by atoms with Gasteiger partial charge in [-0.2, -0.15) is 0 Å².